The number of amides is 8. The van der Waals surface area contributed by atoms with Crippen molar-refractivity contribution >= 4 is 35.7 Å². The number of hydrogen-bond donors (Lipinski definition) is 4. The predicted octanol–water partition coefficient (Wildman–Crippen LogP) is 1.92. The molecule has 10 nitrogen and oxygen atoms in total. The largest absolute Gasteiger partial charge is 0.328 e. The van der Waals surface area contributed by atoms with E-state index in [0.717, 1.165) is 6.42 Å². The molecule has 2 fully saturated rings. The molecule has 0 radical (unpaired) electrons. The van der Waals surface area contributed by atoms with Crippen molar-refractivity contribution in [3.05, 3.63) is 25.3 Å². The third kappa shape index (κ3) is 4.79. The van der Waals surface area contributed by atoms with Crippen LogP contribution in [0.5, 0.6) is 0 Å². The number of barbiturate groups is 2. The lowest BCUT2D eigenvalue weighted by atomic mass is 9.70. The van der Waals surface area contributed by atoms with Crippen LogP contribution in [-0.4, -0.2) is 35.7 Å². The molecule has 0 aromatic heterocycles. The highest BCUT2D eigenvalue weighted by Crippen LogP contribution is 2.36. The summed E-state index contributed by atoms with van der Waals surface area (Å²) in [6.07, 6.45) is 5.31. The maximum absolute atomic E-state index is 11.9. The predicted molar refractivity (Wildman–Crippen MR) is 117 cm³/mol. The molecule has 32 heavy (non-hydrogen) atoms. The molecular weight excluding hydrogens is 416 g/mol. The Hall–Kier alpha value is -3.30. The Morgan fingerprint density at radius 1 is 0.781 bits per heavy atom. The number of imide groups is 4. The smallest absolute Gasteiger partial charge is 0.277 e. The van der Waals surface area contributed by atoms with Crippen molar-refractivity contribution < 1.29 is 28.8 Å². The summed E-state index contributed by atoms with van der Waals surface area (Å²) in [6, 6.07) is -1.52. The Kier molecular flexibility index (Phi) is 9.05. The van der Waals surface area contributed by atoms with Gasteiger partial charge in [0.25, 0.3) is 0 Å². The molecule has 0 spiro atoms. The summed E-state index contributed by atoms with van der Waals surface area (Å²) in [5.74, 6) is -2.58. The summed E-state index contributed by atoms with van der Waals surface area (Å²) in [6.45, 7) is 14.6. The fourth-order valence-electron chi connectivity index (χ4n) is 4.02. The highest BCUT2D eigenvalue weighted by atomic mass is 16.2. The standard InChI is InChI=1S/2C11H16N2O3/c1-4-6-7(3)11(5-2)8(14)12-10(16)13-9(11)15;1-4-6-11(7(3)5-2)8(14)12-10(16)13-9(11)15/h5,7H,2,4,6H2,1,3H3,(H2,12,13,14,15,16);4,7H,1,5-6H2,2-3H3,(H2,12,13,14,15,16). The number of carbonyl (C=O) groups excluding carboxylic acids is 6. The second kappa shape index (κ2) is 10.8. The van der Waals surface area contributed by atoms with Gasteiger partial charge in [-0.2, -0.15) is 0 Å². The minimum Gasteiger partial charge on any atom is -0.277 e. The molecule has 0 bridgehead atoms. The lowest BCUT2D eigenvalue weighted by Gasteiger charge is -2.37. The van der Waals surface area contributed by atoms with Crippen LogP contribution in [0.25, 0.3) is 0 Å². The van der Waals surface area contributed by atoms with Crippen molar-refractivity contribution in [1.82, 2.24) is 21.3 Å². The molecule has 0 saturated carbocycles. The van der Waals surface area contributed by atoms with Gasteiger partial charge in [-0.05, 0) is 24.7 Å². The van der Waals surface area contributed by atoms with Crippen LogP contribution in [-0.2, 0) is 19.2 Å². The van der Waals surface area contributed by atoms with E-state index in [4.69, 9.17) is 0 Å². The highest BCUT2D eigenvalue weighted by Gasteiger charge is 2.53. The Morgan fingerprint density at radius 3 is 1.56 bits per heavy atom. The van der Waals surface area contributed by atoms with Gasteiger partial charge < -0.3 is 0 Å². The zero-order valence-electron chi connectivity index (χ0n) is 19.0. The van der Waals surface area contributed by atoms with Crippen LogP contribution in [0.15, 0.2) is 25.3 Å². The van der Waals surface area contributed by atoms with E-state index in [0.29, 0.717) is 12.8 Å². The molecule has 2 saturated heterocycles. The van der Waals surface area contributed by atoms with E-state index in [1.165, 1.54) is 12.2 Å². The number of urea groups is 2. The van der Waals surface area contributed by atoms with Gasteiger partial charge in [-0.3, -0.25) is 40.4 Å². The molecule has 2 atom stereocenters. The first-order valence-electron chi connectivity index (χ1n) is 10.6. The average Bonchev–Trinajstić information content (AvgIpc) is 2.71. The van der Waals surface area contributed by atoms with E-state index >= 15 is 0 Å². The van der Waals surface area contributed by atoms with Gasteiger partial charge >= 0.3 is 12.1 Å². The SMILES string of the molecule is C=CC1(C(C)CCC)C(=O)NC(=O)NC1=O.C=CCC1(C(C)CC)C(=O)NC(=O)NC1=O. The van der Waals surface area contributed by atoms with Crippen molar-refractivity contribution in [3.63, 3.8) is 0 Å². The third-order valence-electron chi connectivity index (χ3n) is 6.21. The van der Waals surface area contributed by atoms with E-state index in [1.807, 2.05) is 20.8 Å². The van der Waals surface area contributed by atoms with Gasteiger partial charge in [-0.25, -0.2) is 9.59 Å². The Balaban J connectivity index is 0.000000320. The van der Waals surface area contributed by atoms with Gasteiger partial charge in [0.2, 0.25) is 23.6 Å². The monoisotopic (exact) mass is 448 g/mol. The summed E-state index contributed by atoms with van der Waals surface area (Å²) < 4.78 is 0. The fraction of sp³-hybridized carbons (Fsp3) is 0.545. The molecule has 0 aromatic rings. The first-order chi connectivity index (χ1) is 15.0. The number of nitrogens with one attached hydrogen (secondary N) is 4. The second-order valence-electron chi connectivity index (χ2n) is 8.01. The molecular formula is C22H32N4O6. The summed E-state index contributed by atoms with van der Waals surface area (Å²) >= 11 is 0. The lowest BCUT2D eigenvalue weighted by Crippen LogP contribution is -2.64. The number of carbonyl (C=O) groups is 6. The maximum atomic E-state index is 11.9. The van der Waals surface area contributed by atoms with E-state index in [9.17, 15) is 28.8 Å². The zero-order chi connectivity index (χ0) is 24.7. The van der Waals surface area contributed by atoms with E-state index in [2.05, 4.69) is 34.4 Å². The van der Waals surface area contributed by atoms with Crippen molar-refractivity contribution in [2.45, 2.75) is 53.4 Å². The molecule has 2 rings (SSSR count). The van der Waals surface area contributed by atoms with Crippen LogP contribution >= 0.6 is 0 Å². The van der Waals surface area contributed by atoms with E-state index in [1.54, 1.807) is 6.92 Å². The molecule has 2 aliphatic rings. The van der Waals surface area contributed by atoms with Gasteiger partial charge in [0, 0.05) is 0 Å². The van der Waals surface area contributed by atoms with Gasteiger partial charge in [-0.15, -0.1) is 13.2 Å². The highest BCUT2D eigenvalue weighted by molar-refractivity contribution is 6.21. The van der Waals surface area contributed by atoms with Crippen molar-refractivity contribution in [2.24, 2.45) is 22.7 Å². The summed E-state index contributed by atoms with van der Waals surface area (Å²) in [4.78, 5) is 69.4. The van der Waals surface area contributed by atoms with E-state index in [-0.39, 0.29) is 18.3 Å². The zero-order valence-corrected chi connectivity index (χ0v) is 19.0. The fourth-order valence-corrected chi connectivity index (χ4v) is 4.02. The molecule has 0 aliphatic carbocycles. The number of hydrogen-bond acceptors (Lipinski definition) is 6. The summed E-state index contributed by atoms with van der Waals surface area (Å²) in [7, 11) is 0. The first kappa shape index (κ1) is 26.7. The molecule has 2 unspecified atom stereocenters. The summed E-state index contributed by atoms with van der Waals surface area (Å²) in [5, 5.41) is 8.51. The molecule has 8 amide bonds. The molecule has 10 heteroatoms. The number of allylic oxidation sites excluding steroid dienone is 1. The van der Waals surface area contributed by atoms with Crippen LogP contribution in [0.2, 0.25) is 0 Å². The molecule has 2 heterocycles. The van der Waals surface area contributed by atoms with Gasteiger partial charge in [0.15, 0.2) is 0 Å². The Bertz CT molecular complexity index is 794. The first-order valence-corrected chi connectivity index (χ1v) is 10.6. The molecule has 176 valence electrons. The van der Waals surface area contributed by atoms with Gasteiger partial charge in [-0.1, -0.05) is 52.7 Å². The lowest BCUT2D eigenvalue weighted by molar-refractivity contribution is -0.148. The topological polar surface area (TPSA) is 151 Å². The van der Waals surface area contributed by atoms with Crippen LogP contribution in [0.3, 0.4) is 0 Å². The Labute approximate surface area is 187 Å². The third-order valence-corrected chi connectivity index (χ3v) is 6.21. The van der Waals surface area contributed by atoms with Crippen molar-refractivity contribution in [3.8, 4) is 0 Å². The van der Waals surface area contributed by atoms with Crippen LogP contribution in [0.4, 0.5) is 9.59 Å². The van der Waals surface area contributed by atoms with E-state index < -0.39 is 46.5 Å². The normalized spacial score (nSPS) is 21.0. The molecule has 2 aliphatic heterocycles. The molecule has 0 aromatic carbocycles. The van der Waals surface area contributed by atoms with Crippen molar-refractivity contribution in [2.75, 3.05) is 0 Å². The van der Waals surface area contributed by atoms with Crippen molar-refractivity contribution in [1.29, 1.82) is 0 Å². The minimum atomic E-state index is -1.33. The van der Waals surface area contributed by atoms with Gasteiger partial charge in [0.1, 0.15) is 10.8 Å². The van der Waals surface area contributed by atoms with Gasteiger partial charge in [0.05, 0.1) is 0 Å². The maximum Gasteiger partial charge on any atom is 0.328 e. The van der Waals surface area contributed by atoms with Crippen LogP contribution in [0, 0.1) is 22.7 Å². The van der Waals surface area contributed by atoms with Crippen LogP contribution in [0.1, 0.15) is 53.4 Å². The second-order valence-corrected chi connectivity index (χ2v) is 8.01. The summed E-state index contributed by atoms with van der Waals surface area (Å²) in [5.41, 5.74) is -2.53. The quantitative estimate of drug-likeness (QED) is 0.329. The Morgan fingerprint density at radius 2 is 1.22 bits per heavy atom. The minimum absolute atomic E-state index is 0.154. The average molecular weight is 449 g/mol. The van der Waals surface area contributed by atoms with Crippen LogP contribution < -0.4 is 21.3 Å². The molecule has 4 N–H and O–H groups in total. The number of rotatable bonds is 8.